The van der Waals surface area contributed by atoms with Crippen LogP contribution in [0.3, 0.4) is 0 Å². The van der Waals surface area contributed by atoms with Crippen molar-refractivity contribution in [1.82, 2.24) is 10.4 Å². The molecule has 1 unspecified atom stereocenters. The highest BCUT2D eigenvalue weighted by atomic mass is 32.1. The summed E-state index contributed by atoms with van der Waals surface area (Å²) in [5.41, 5.74) is 2.34. The highest BCUT2D eigenvalue weighted by Gasteiger charge is 2.21. The number of nitrogens with one attached hydrogen (secondary N) is 1. The molecule has 0 aromatic heterocycles. The van der Waals surface area contributed by atoms with Crippen LogP contribution in [-0.4, -0.2) is 40.8 Å². The van der Waals surface area contributed by atoms with Crippen molar-refractivity contribution in [1.29, 1.82) is 0 Å². The Labute approximate surface area is 76.1 Å². The molecule has 2 N–H and O–H groups in total. The number of aliphatic carboxylic acids is 1. The van der Waals surface area contributed by atoms with Gasteiger partial charge >= 0.3 is 5.97 Å². The Bertz CT molecular complexity index is 186. The number of hydrazine groups is 1. The summed E-state index contributed by atoms with van der Waals surface area (Å²) in [5.74, 6) is -1.17. The van der Waals surface area contributed by atoms with Gasteiger partial charge in [0.25, 0.3) is 0 Å². The van der Waals surface area contributed by atoms with Crippen LogP contribution in [0.5, 0.6) is 0 Å². The van der Waals surface area contributed by atoms with Crippen LogP contribution in [0, 0.1) is 0 Å². The van der Waals surface area contributed by atoms with E-state index in [-0.39, 0.29) is 11.7 Å². The van der Waals surface area contributed by atoms with Crippen LogP contribution < -0.4 is 5.43 Å². The van der Waals surface area contributed by atoms with Crippen LogP contribution in [-0.2, 0) is 9.59 Å². The first-order chi connectivity index (χ1) is 5.49. The van der Waals surface area contributed by atoms with Gasteiger partial charge in [-0.1, -0.05) is 0 Å². The van der Waals surface area contributed by atoms with Gasteiger partial charge in [0.2, 0.25) is 5.91 Å². The molecule has 0 rings (SSSR count). The maximum Gasteiger partial charge on any atom is 0.323 e. The lowest BCUT2D eigenvalue weighted by molar-refractivity contribution is -0.144. The molecule has 0 bridgehead atoms. The summed E-state index contributed by atoms with van der Waals surface area (Å²) < 4.78 is 0. The number of rotatable bonds is 4. The first-order valence-corrected chi connectivity index (χ1v) is 3.96. The van der Waals surface area contributed by atoms with Crippen molar-refractivity contribution in [3.63, 3.8) is 0 Å². The summed E-state index contributed by atoms with van der Waals surface area (Å²) in [4.78, 5) is 21.0. The number of amides is 1. The molecule has 0 saturated carbocycles. The van der Waals surface area contributed by atoms with Crippen LogP contribution in [0.2, 0.25) is 0 Å². The van der Waals surface area contributed by atoms with E-state index in [0.29, 0.717) is 0 Å². The molecule has 0 radical (unpaired) electrons. The molecule has 0 aromatic carbocycles. The standard InChI is InChI=1S/C6H12N2O3S/c1-4(9)7-8(2)5(3-12)6(10)11/h5,12H,3H2,1-2H3,(H,7,9)(H,10,11). The van der Waals surface area contributed by atoms with Gasteiger partial charge in [-0.2, -0.15) is 12.6 Å². The van der Waals surface area contributed by atoms with E-state index in [1.807, 2.05) is 0 Å². The van der Waals surface area contributed by atoms with Gasteiger partial charge < -0.3 is 5.11 Å². The maximum atomic E-state index is 10.5. The van der Waals surface area contributed by atoms with E-state index in [0.717, 1.165) is 0 Å². The third-order valence-corrected chi connectivity index (χ3v) is 1.61. The minimum atomic E-state index is -1.01. The minimum absolute atomic E-state index is 0.145. The fourth-order valence-electron chi connectivity index (χ4n) is 0.692. The number of carboxylic acid groups (broad SMARTS) is 1. The van der Waals surface area contributed by atoms with Crippen molar-refractivity contribution in [3.05, 3.63) is 0 Å². The molecule has 0 aromatic rings. The molecule has 0 aliphatic heterocycles. The van der Waals surface area contributed by atoms with Gasteiger partial charge in [-0.05, 0) is 0 Å². The van der Waals surface area contributed by atoms with Gasteiger partial charge in [0.05, 0.1) is 0 Å². The van der Waals surface area contributed by atoms with Crippen molar-refractivity contribution in [2.75, 3.05) is 12.8 Å². The van der Waals surface area contributed by atoms with Gasteiger partial charge in [0.1, 0.15) is 6.04 Å². The number of thiol groups is 1. The molecule has 12 heavy (non-hydrogen) atoms. The average molecular weight is 192 g/mol. The molecule has 5 nitrogen and oxygen atoms in total. The smallest absolute Gasteiger partial charge is 0.323 e. The van der Waals surface area contributed by atoms with E-state index < -0.39 is 12.0 Å². The van der Waals surface area contributed by atoms with Gasteiger partial charge in [-0.15, -0.1) is 0 Å². The molecular formula is C6H12N2O3S. The number of hydrogen-bond acceptors (Lipinski definition) is 4. The van der Waals surface area contributed by atoms with Gasteiger partial charge in [-0.25, -0.2) is 5.01 Å². The second-order valence-electron chi connectivity index (χ2n) is 2.32. The second-order valence-corrected chi connectivity index (χ2v) is 2.68. The Balaban J connectivity index is 4.11. The summed E-state index contributed by atoms with van der Waals surface area (Å²) in [7, 11) is 1.48. The van der Waals surface area contributed by atoms with Crippen molar-refractivity contribution in [2.45, 2.75) is 13.0 Å². The fourth-order valence-corrected chi connectivity index (χ4v) is 1.09. The maximum absolute atomic E-state index is 10.5. The quantitative estimate of drug-likeness (QED) is 0.409. The molecule has 0 spiro atoms. The molecule has 0 fully saturated rings. The molecule has 1 atom stereocenters. The largest absolute Gasteiger partial charge is 0.480 e. The lowest BCUT2D eigenvalue weighted by Gasteiger charge is -2.22. The number of carbonyl (C=O) groups excluding carboxylic acids is 1. The normalized spacial score (nSPS) is 12.7. The zero-order valence-electron chi connectivity index (χ0n) is 6.94. The predicted molar refractivity (Wildman–Crippen MR) is 46.9 cm³/mol. The molecule has 0 aliphatic rings. The number of carbonyl (C=O) groups is 2. The first-order valence-electron chi connectivity index (χ1n) is 3.32. The third-order valence-electron chi connectivity index (χ3n) is 1.26. The second kappa shape index (κ2) is 5.00. The van der Waals surface area contributed by atoms with E-state index in [1.54, 1.807) is 0 Å². The Morgan fingerprint density at radius 2 is 2.17 bits per heavy atom. The molecule has 0 heterocycles. The van der Waals surface area contributed by atoms with Crippen molar-refractivity contribution < 1.29 is 14.7 Å². The van der Waals surface area contributed by atoms with Crippen molar-refractivity contribution in [3.8, 4) is 0 Å². The van der Waals surface area contributed by atoms with E-state index in [2.05, 4.69) is 18.1 Å². The van der Waals surface area contributed by atoms with Gasteiger partial charge in [-0.3, -0.25) is 15.0 Å². The van der Waals surface area contributed by atoms with Crippen LogP contribution >= 0.6 is 12.6 Å². The predicted octanol–water partition coefficient (Wildman–Crippen LogP) is -0.648. The van der Waals surface area contributed by atoms with E-state index in [9.17, 15) is 9.59 Å². The highest BCUT2D eigenvalue weighted by molar-refractivity contribution is 7.80. The van der Waals surface area contributed by atoms with E-state index >= 15 is 0 Å². The van der Waals surface area contributed by atoms with Crippen molar-refractivity contribution in [2.24, 2.45) is 0 Å². The van der Waals surface area contributed by atoms with Crippen LogP contribution in [0.25, 0.3) is 0 Å². The lowest BCUT2D eigenvalue weighted by atomic mass is 10.3. The van der Waals surface area contributed by atoms with E-state index in [1.165, 1.54) is 19.0 Å². The SMILES string of the molecule is CC(=O)NN(C)C(CS)C(=O)O. The monoisotopic (exact) mass is 192 g/mol. The Morgan fingerprint density at radius 3 is 2.42 bits per heavy atom. The summed E-state index contributed by atoms with van der Waals surface area (Å²) >= 11 is 3.84. The summed E-state index contributed by atoms with van der Waals surface area (Å²) in [6.45, 7) is 1.31. The zero-order chi connectivity index (χ0) is 9.72. The Morgan fingerprint density at radius 1 is 1.67 bits per heavy atom. The molecule has 70 valence electrons. The summed E-state index contributed by atoms with van der Waals surface area (Å²) in [6, 6.07) is -0.794. The zero-order valence-corrected chi connectivity index (χ0v) is 7.84. The summed E-state index contributed by atoms with van der Waals surface area (Å²) in [6.07, 6.45) is 0. The molecule has 0 saturated heterocycles. The topological polar surface area (TPSA) is 69.6 Å². The lowest BCUT2D eigenvalue weighted by Crippen LogP contribution is -2.49. The van der Waals surface area contributed by atoms with E-state index in [4.69, 9.17) is 5.11 Å². The van der Waals surface area contributed by atoms with Crippen LogP contribution in [0.1, 0.15) is 6.92 Å². The van der Waals surface area contributed by atoms with Crippen LogP contribution in [0.4, 0.5) is 0 Å². The average Bonchev–Trinajstić information content (AvgIpc) is 1.85. The number of likely N-dealkylation sites (N-methyl/N-ethyl adjacent to an activating group) is 1. The third kappa shape index (κ3) is 3.59. The molecular weight excluding hydrogens is 180 g/mol. The number of hydrogen-bond donors (Lipinski definition) is 3. The van der Waals surface area contributed by atoms with Crippen LogP contribution in [0.15, 0.2) is 0 Å². The van der Waals surface area contributed by atoms with Gasteiger partial charge in [0.15, 0.2) is 0 Å². The summed E-state index contributed by atoms with van der Waals surface area (Å²) in [5, 5.41) is 9.83. The highest BCUT2D eigenvalue weighted by Crippen LogP contribution is 1.95. The number of nitrogens with zero attached hydrogens (tertiary/aromatic N) is 1. The Hall–Kier alpha value is -0.750. The fraction of sp³-hybridized carbons (Fsp3) is 0.667. The number of carboxylic acids is 1. The minimum Gasteiger partial charge on any atom is -0.480 e. The van der Waals surface area contributed by atoms with Gasteiger partial charge in [0, 0.05) is 19.7 Å². The molecule has 0 aliphatic carbocycles. The van der Waals surface area contributed by atoms with Crippen molar-refractivity contribution >= 4 is 24.5 Å². The first kappa shape index (κ1) is 11.2. The molecule has 1 amide bonds. The molecule has 6 heteroatoms. The Kier molecular flexibility index (Phi) is 4.68.